The third-order valence-corrected chi connectivity index (χ3v) is 3.90. The molecular weight excluding hydrogens is 292 g/mol. The van der Waals surface area contributed by atoms with Gasteiger partial charge >= 0.3 is 0 Å². The van der Waals surface area contributed by atoms with Crippen LogP contribution in [-0.4, -0.2) is 34.4 Å². The number of rotatable bonds is 4. The molecule has 2 amide bonds. The molecule has 0 radical (unpaired) electrons. The molecule has 1 aromatic heterocycles. The highest BCUT2D eigenvalue weighted by molar-refractivity contribution is 5.99. The minimum absolute atomic E-state index is 0.0153. The number of hydrogen-bond acceptors (Lipinski definition) is 4. The van der Waals surface area contributed by atoms with Crippen molar-refractivity contribution >= 4 is 17.5 Å². The standard InChI is InChI=1S/C17H18N4O2/c1-2-15-14(9-18-11-19-15)17(23)20-12-8-16(22)21(10-12)13-6-4-3-5-7-13/h3-7,9,11-12H,2,8,10H2,1H3,(H,20,23)/t12-/m0/s1. The van der Waals surface area contributed by atoms with E-state index in [4.69, 9.17) is 0 Å². The van der Waals surface area contributed by atoms with Crippen molar-refractivity contribution in [3.05, 3.63) is 54.1 Å². The van der Waals surface area contributed by atoms with Gasteiger partial charge in [0.2, 0.25) is 5.91 Å². The summed E-state index contributed by atoms with van der Waals surface area (Å²) in [6.07, 6.45) is 3.92. The first-order chi connectivity index (χ1) is 11.2. The number of carbonyl (C=O) groups excluding carboxylic acids is 2. The van der Waals surface area contributed by atoms with E-state index in [0.29, 0.717) is 30.6 Å². The molecule has 118 valence electrons. The lowest BCUT2D eigenvalue weighted by atomic mass is 10.1. The zero-order valence-corrected chi connectivity index (χ0v) is 12.9. The molecule has 3 rings (SSSR count). The van der Waals surface area contributed by atoms with Gasteiger partial charge in [0.1, 0.15) is 6.33 Å². The fraction of sp³-hybridized carbons (Fsp3) is 0.294. The second kappa shape index (κ2) is 6.56. The summed E-state index contributed by atoms with van der Waals surface area (Å²) < 4.78 is 0. The molecule has 6 nitrogen and oxygen atoms in total. The van der Waals surface area contributed by atoms with E-state index in [0.717, 1.165) is 5.69 Å². The first-order valence-corrected chi connectivity index (χ1v) is 7.64. The minimum atomic E-state index is -0.227. The number of nitrogens with one attached hydrogen (secondary N) is 1. The molecule has 6 heteroatoms. The van der Waals surface area contributed by atoms with Crippen molar-refractivity contribution in [3.8, 4) is 0 Å². The zero-order chi connectivity index (χ0) is 16.2. The summed E-state index contributed by atoms with van der Waals surface area (Å²) in [6, 6.07) is 9.27. The number of anilines is 1. The average molecular weight is 310 g/mol. The van der Waals surface area contributed by atoms with Crippen LogP contribution in [0.15, 0.2) is 42.9 Å². The van der Waals surface area contributed by atoms with E-state index in [1.54, 1.807) is 4.90 Å². The lowest BCUT2D eigenvalue weighted by Gasteiger charge is -2.17. The summed E-state index contributed by atoms with van der Waals surface area (Å²) in [5, 5.41) is 2.92. The molecule has 1 saturated heterocycles. The fourth-order valence-corrected chi connectivity index (χ4v) is 2.75. The van der Waals surface area contributed by atoms with Crippen LogP contribution in [0.4, 0.5) is 5.69 Å². The van der Waals surface area contributed by atoms with E-state index in [9.17, 15) is 9.59 Å². The molecule has 0 aliphatic carbocycles. The third-order valence-electron chi connectivity index (χ3n) is 3.90. The van der Waals surface area contributed by atoms with Crippen molar-refractivity contribution in [1.29, 1.82) is 0 Å². The maximum absolute atomic E-state index is 12.4. The van der Waals surface area contributed by atoms with Crippen molar-refractivity contribution in [1.82, 2.24) is 15.3 Å². The van der Waals surface area contributed by atoms with E-state index in [1.807, 2.05) is 37.3 Å². The molecule has 0 spiro atoms. The molecule has 1 aliphatic rings. The summed E-state index contributed by atoms with van der Waals surface area (Å²) in [6.45, 7) is 2.42. The monoisotopic (exact) mass is 310 g/mol. The smallest absolute Gasteiger partial charge is 0.254 e. The van der Waals surface area contributed by atoms with Gasteiger partial charge in [-0.2, -0.15) is 0 Å². The van der Waals surface area contributed by atoms with Crippen LogP contribution in [0.1, 0.15) is 29.4 Å². The Bertz CT molecular complexity index is 718. The van der Waals surface area contributed by atoms with Crippen LogP contribution in [-0.2, 0) is 11.2 Å². The van der Waals surface area contributed by atoms with Crippen molar-refractivity contribution < 1.29 is 9.59 Å². The Morgan fingerprint density at radius 3 is 2.87 bits per heavy atom. The second-order valence-electron chi connectivity index (χ2n) is 5.45. The van der Waals surface area contributed by atoms with Crippen LogP contribution < -0.4 is 10.2 Å². The van der Waals surface area contributed by atoms with Crippen molar-refractivity contribution in [3.63, 3.8) is 0 Å². The molecule has 0 saturated carbocycles. The first-order valence-electron chi connectivity index (χ1n) is 7.64. The molecular formula is C17H18N4O2. The van der Waals surface area contributed by atoms with Gasteiger partial charge in [0.25, 0.3) is 5.91 Å². The lowest BCUT2D eigenvalue weighted by molar-refractivity contribution is -0.117. The highest BCUT2D eigenvalue weighted by Gasteiger charge is 2.32. The molecule has 0 bridgehead atoms. The highest BCUT2D eigenvalue weighted by Crippen LogP contribution is 2.21. The first kappa shape index (κ1) is 15.1. The summed E-state index contributed by atoms with van der Waals surface area (Å²) in [4.78, 5) is 34.3. The van der Waals surface area contributed by atoms with Crippen LogP contribution >= 0.6 is 0 Å². The minimum Gasteiger partial charge on any atom is -0.347 e. The fourth-order valence-electron chi connectivity index (χ4n) is 2.75. The Morgan fingerprint density at radius 1 is 1.35 bits per heavy atom. The van der Waals surface area contributed by atoms with E-state index < -0.39 is 0 Å². The molecule has 1 N–H and O–H groups in total. The Morgan fingerprint density at radius 2 is 2.13 bits per heavy atom. The van der Waals surface area contributed by atoms with Crippen molar-refractivity contribution in [2.75, 3.05) is 11.4 Å². The average Bonchev–Trinajstić information content (AvgIpc) is 2.95. The van der Waals surface area contributed by atoms with Gasteiger partial charge in [-0.15, -0.1) is 0 Å². The lowest BCUT2D eigenvalue weighted by Crippen LogP contribution is -2.37. The third kappa shape index (κ3) is 3.21. The van der Waals surface area contributed by atoms with Crippen molar-refractivity contribution in [2.24, 2.45) is 0 Å². The summed E-state index contributed by atoms with van der Waals surface area (Å²) in [5.74, 6) is -0.211. The molecule has 0 unspecified atom stereocenters. The number of amides is 2. The predicted molar refractivity (Wildman–Crippen MR) is 86.1 cm³/mol. The number of aryl methyl sites for hydroxylation is 1. The van der Waals surface area contributed by atoms with Crippen LogP contribution in [0.25, 0.3) is 0 Å². The Kier molecular flexibility index (Phi) is 4.32. The van der Waals surface area contributed by atoms with Crippen LogP contribution in [0.5, 0.6) is 0 Å². The second-order valence-corrected chi connectivity index (χ2v) is 5.45. The van der Waals surface area contributed by atoms with E-state index in [2.05, 4.69) is 15.3 Å². The quantitative estimate of drug-likeness (QED) is 0.930. The molecule has 1 aromatic carbocycles. The van der Waals surface area contributed by atoms with Gasteiger partial charge in [0.05, 0.1) is 17.3 Å². The number of hydrogen-bond donors (Lipinski definition) is 1. The van der Waals surface area contributed by atoms with Gasteiger partial charge in [-0.25, -0.2) is 9.97 Å². The zero-order valence-electron chi connectivity index (χ0n) is 12.9. The number of nitrogens with zero attached hydrogens (tertiary/aromatic N) is 3. The Hall–Kier alpha value is -2.76. The van der Waals surface area contributed by atoms with Gasteiger partial charge in [0, 0.05) is 24.8 Å². The largest absolute Gasteiger partial charge is 0.347 e. The topological polar surface area (TPSA) is 75.2 Å². The maximum atomic E-state index is 12.4. The molecule has 1 fully saturated rings. The summed E-state index contributed by atoms with van der Waals surface area (Å²) >= 11 is 0. The van der Waals surface area contributed by atoms with Crippen LogP contribution in [0.3, 0.4) is 0 Å². The number of benzene rings is 1. The number of para-hydroxylation sites is 1. The number of carbonyl (C=O) groups is 2. The van der Waals surface area contributed by atoms with E-state index >= 15 is 0 Å². The maximum Gasteiger partial charge on any atom is 0.254 e. The highest BCUT2D eigenvalue weighted by atomic mass is 16.2. The van der Waals surface area contributed by atoms with Crippen LogP contribution in [0, 0.1) is 0 Å². The number of aromatic nitrogens is 2. The van der Waals surface area contributed by atoms with E-state index in [1.165, 1.54) is 12.5 Å². The predicted octanol–water partition coefficient (Wildman–Crippen LogP) is 1.57. The summed E-state index contributed by atoms with van der Waals surface area (Å²) in [5.41, 5.74) is 2.04. The molecule has 2 heterocycles. The van der Waals surface area contributed by atoms with Crippen LogP contribution in [0.2, 0.25) is 0 Å². The molecule has 2 aromatic rings. The van der Waals surface area contributed by atoms with Gasteiger partial charge < -0.3 is 10.2 Å². The normalized spacial score (nSPS) is 17.3. The van der Waals surface area contributed by atoms with E-state index in [-0.39, 0.29) is 17.9 Å². The SMILES string of the molecule is CCc1ncncc1C(=O)N[C@H]1CC(=O)N(c2ccccc2)C1. The van der Waals surface area contributed by atoms with Crippen molar-refractivity contribution in [2.45, 2.75) is 25.8 Å². The van der Waals surface area contributed by atoms with Gasteiger partial charge in [0.15, 0.2) is 0 Å². The molecule has 1 aliphatic heterocycles. The van der Waals surface area contributed by atoms with Gasteiger partial charge in [-0.05, 0) is 18.6 Å². The van der Waals surface area contributed by atoms with Gasteiger partial charge in [-0.3, -0.25) is 9.59 Å². The van der Waals surface area contributed by atoms with Gasteiger partial charge in [-0.1, -0.05) is 25.1 Å². The Labute approximate surface area is 134 Å². The molecule has 1 atom stereocenters. The molecule has 23 heavy (non-hydrogen) atoms. The summed E-state index contributed by atoms with van der Waals surface area (Å²) in [7, 11) is 0. The Balaban J connectivity index is 1.70.